The number of methoxy groups -OCH3 is 1. The fourth-order valence-electron chi connectivity index (χ4n) is 2.43. The molecule has 4 nitrogen and oxygen atoms in total. The normalized spacial score (nSPS) is 19.3. The molecule has 1 aliphatic rings. The van der Waals surface area contributed by atoms with Crippen molar-refractivity contribution in [2.45, 2.75) is 36.1 Å². The molecule has 5 heteroatoms. The second kappa shape index (κ2) is 4.24. The molecule has 0 saturated heterocycles. The van der Waals surface area contributed by atoms with Crippen LogP contribution in [0.15, 0.2) is 23.1 Å². The Morgan fingerprint density at radius 2 is 2.00 bits per heavy atom. The van der Waals surface area contributed by atoms with Gasteiger partial charge in [0.05, 0.1) is 7.11 Å². The molecule has 1 aliphatic carbocycles. The smallest absolute Gasteiger partial charge is 0.179 e. The van der Waals surface area contributed by atoms with Gasteiger partial charge in [0, 0.05) is 17.7 Å². The molecule has 0 amide bonds. The van der Waals surface area contributed by atoms with E-state index in [2.05, 4.69) is 0 Å². The zero-order valence-electron chi connectivity index (χ0n) is 10.9. The molecule has 2 rings (SSSR count). The molecular weight excluding hydrogens is 250 g/mol. The van der Waals surface area contributed by atoms with Crippen LogP contribution >= 0.6 is 0 Å². The van der Waals surface area contributed by atoms with Crippen LogP contribution in [-0.2, 0) is 15.3 Å². The van der Waals surface area contributed by atoms with Gasteiger partial charge in [-0.2, -0.15) is 0 Å². The molecular formula is C13H19NO3S. The van der Waals surface area contributed by atoms with Gasteiger partial charge >= 0.3 is 0 Å². The minimum Gasteiger partial charge on any atom is -0.495 e. The maximum absolute atomic E-state index is 11.6. The highest BCUT2D eigenvalue weighted by Crippen LogP contribution is 2.51. The van der Waals surface area contributed by atoms with Crippen LogP contribution in [0.5, 0.6) is 5.75 Å². The van der Waals surface area contributed by atoms with Crippen molar-refractivity contribution >= 4 is 9.84 Å². The summed E-state index contributed by atoms with van der Waals surface area (Å²) in [7, 11) is -1.78. The van der Waals surface area contributed by atoms with E-state index >= 15 is 0 Å². The maximum Gasteiger partial charge on any atom is 0.179 e. The van der Waals surface area contributed by atoms with E-state index in [1.165, 1.54) is 13.4 Å². The highest BCUT2D eigenvalue weighted by atomic mass is 32.2. The van der Waals surface area contributed by atoms with E-state index in [0.717, 1.165) is 18.4 Å². The second-order valence-electron chi connectivity index (χ2n) is 5.08. The topological polar surface area (TPSA) is 69.4 Å². The molecule has 0 aliphatic heterocycles. The first-order chi connectivity index (χ1) is 8.31. The first-order valence-electron chi connectivity index (χ1n) is 5.95. The van der Waals surface area contributed by atoms with E-state index in [9.17, 15) is 8.42 Å². The quantitative estimate of drug-likeness (QED) is 0.899. The molecule has 0 heterocycles. The molecule has 0 spiro atoms. The number of nitrogens with two attached hydrogens (primary N) is 1. The first-order valence-corrected chi connectivity index (χ1v) is 7.84. The lowest BCUT2D eigenvalue weighted by Gasteiger charge is -2.21. The summed E-state index contributed by atoms with van der Waals surface area (Å²) in [6, 6.07) is 5.35. The van der Waals surface area contributed by atoms with Crippen molar-refractivity contribution in [3.63, 3.8) is 0 Å². The van der Waals surface area contributed by atoms with Crippen LogP contribution in [0.2, 0.25) is 0 Å². The Kier molecular flexibility index (Phi) is 3.15. The SMILES string of the molecule is COc1cc(C2(C(C)N)CC2)ccc1S(C)(=O)=O. The monoisotopic (exact) mass is 269 g/mol. The first kappa shape index (κ1) is 13.4. The molecule has 1 aromatic carbocycles. The average molecular weight is 269 g/mol. The predicted octanol–water partition coefficient (Wildman–Crippen LogP) is 1.48. The minimum absolute atomic E-state index is 0.00329. The minimum atomic E-state index is -3.26. The number of hydrogen-bond acceptors (Lipinski definition) is 4. The van der Waals surface area contributed by atoms with Crippen molar-refractivity contribution in [1.29, 1.82) is 0 Å². The summed E-state index contributed by atoms with van der Waals surface area (Å²) in [5.74, 6) is 0.405. The fourth-order valence-corrected chi connectivity index (χ4v) is 3.25. The van der Waals surface area contributed by atoms with Crippen LogP contribution in [0.4, 0.5) is 0 Å². The Balaban J connectivity index is 2.50. The van der Waals surface area contributed by atoms with Crippen LogP contribution in [0.25, 0.3) is 0 Å². The van der Waals surface area contributed by atoms with Crippen molar-refractivity contribution in [1.82, 2.24) is 0 Å². The third-order valence-electron chi connectivity index (χ3n) is 3.80. The standard InChI is InChI=1S/C13H19NO3S/c1-9(14)13(6-7-13)10-4-5-12(18(3,15)16)11(8-10)17-2/h4-5,8-9H,6-7,14H2,1-3H3. The molecule has 0 aromatic heterocycles. The Morgan fingerprint density at radius 1 is 1.39 bits per heavy atom. The van der Waals surface area contributed by atoms with E-state index in [0.29, 0.717) is 5.75 Å². The van der Waals surface area contributed by atoms with Gasteiger partial charge in [-0.15, -0.1) is 0 Å². The number of ether oxygens (including phenoxy) is 1. The van der Waals surface area contributed by atoms with Crippen LogP contribution in [-0.4, -0.2) is 27.8 Å². The lowest BCUT2D eigenvalue weighted by Crippen LogP contribution is -2.31. The summed E-state index contributed by atoms with van der Waals surface area (Å²) in [4.78, 5) is 0.231. The molecule has 1 saturated carbocycles. The van der Waals surface area contributed by atoms with Crippen LogP contribution in [0, 0.1) is 0 Å². The number of sulfone groups is 1. The zero-order valence-corrected chi connectivity index (χ0v) is 11.8. The fraction of sp³-hybridized carbons (Fsp3) is 0.538. The molecule has 1 fully saturated rings. The van der Waals surface area contributed by atoms with Crippen LogP contribution in [0.3, 0.4) is 0 Å². The lowest BCUT2D eigenvalue weighted by atomic mass is 9.89. The van der Waals surface area contributed by atoms with Gasteiger partial charge in [0.25, 0.3) is 0 Å². The summed E-state index contributed by atoms with van der Waals surface area (Å²) in [6.45, 7) is 1.99. The highest BCUT2D eigenvalue weighted by molar-refractivity contribution is 7.90. The highest BCUT2D eigenvalue weighted by Gasteiger charge is 2.47. The van der Waals surface area contributed by atoms with Gasteiger partial charge in [0.15, 0.2) is 9.84 Å². The number of benzene rings is 1. The van der Waals surface area contributed by atoms with Crippen molar-refractivity contribution < 1.29 is 13.2 Å². The third-order valence-corrected chi connectivity index (χ3v) is 4.93. The van der Waals surface area contributed by atoms with Gasteiger partial charge < -0.3 is 10.5 Å². The molecule has 1 atom stereocenters. The van der Waals surface area contributed by atoms with Crippen molar-refractivity contribution in [3.05, 3.63) is 23.8 Å². The van der Waals surface area contributed by atoms with E-state index < -0.39 is 9.84 Å². The van der Waals surface area contributed by atoms with E-state index in [-0.39, 0.29) is 16.4 Å². The van der Waals surface area contributed by atoms with E-state index in [4.69, 9.17) is 10.5 Å². The Labute approximate surface area is 108 Å². The summed E-state index contributed by atoms with van der Waals surface area (Å²) in [5, 5.41) is 0. The van der Waals surface area contributed by atoms with Crippen molar-refractivity contribution in [2.75, 3.05) is 13.4 Å². The summed E-state index contributed by atoms with van der Waals surface area (Å²) < 4.78 is 28.4. The average Bonchev–Trinajstić information content (AvgIpc) is 3.08. The van der Waals surface area contributed by atoms with E-state index in [1.54, 1.807) is 6.07 Å². The second-order valence-corrected chi connectivity index (χ2v) is 7.07. The lowest BCUT2D eigenvalue weighted by molar-refractivity contribution is 0.401. The van der Waals surface area contributed by atoms with Crippen molar-refractivity contribution in [2.24, 2.45) is 5.73 Å². The Bertz CT molecular complexity index is 560. The molecule has 0 bridgehead atoms. The largest absolute Gasteiger partial charge is 0.495 e. The summed E-state index contributed by atoms with van der Waals surface area (Å²) >= 11 is 0. The Morgan fingerprint density at radius 3 is 2.39 bits per heavy atom. The van der Waals surface area contributed by atoms with Gasteiger partial charge in [-0.25, -0.2) is 8.42 Å². The molecule has 1 unspecified atom stereocenters. The maximum atomic E-state index is 11.6. The molecule has 2 N–H and O–H groups in total. The summed E-state index contributed by atoms with van der Waals surface area (Å²) in [5.41, 5.74) is 7.10. The van der Waals surface area contributed by atoms with Gasteiger partial charge in [0.1, 0.15) is 10.6 Å². The van der Waals surface area contributed by atoms with Crippen LogP contribution in [0.1, 0.15) is 25.3 Å². The van der Waals surface area contributed by atoms with E-state index in [1.807, 2.05) is 19.1 Å². The van der Waals surface area contributed by atoms with Crippen molar-refractivity contribution in [3.8, 4) is 5.75 Å². The number of hydrogen-bond donors (Lipinski definition) is 1. The molecule has 0 radical (unpaired) electrons. The van der Waals surface area contributed by atoms with Gasteiger partial charge in [-0.3, -0.25) is 0 Å². The zero-order chi connectivity index (χ0) is 13.6. The third kappa shape index (κ3) is 2.12. The van der Waals surface area contributed by atoms with Crippen LogP contribution < -0.4 is 10.5 Å². The van der Waals surface area contributed by atoms with Gasteiger partial charge in [0.2, 0.25) is 0 Å². The summed E-state index contributed by atoms with van der Waals surface area (Å²) in [6.07, 6.45) is 3.28. The number of rotatable bonds is 4. The molecule has 1 aromatic rings. The Hall–Kier alpha value is -1.07. The predicted molar refractivity (Wildman–Crippen MR) is 70.7 cm³/mol. The van der Waals surface area contributed by atoms with Gasteiger partial charge in [-0.1, -0.05) is 6.07 Å². The molecule has 100 valence electrons. The van der Waals surface area contributed by atoms with Gasteiger partial charge in [-0.05, 0) is 37.5 Å². The molecule has 18 heavy (non-hydrogen) atoms.